The minimum Gasteiger partial charge on any atom is -0.480 e. The lowest BCUT2D eigenvalue weighted by Crippen LogP contribution is -2.34. The Morgan fingerprint density at radius 2 is 2.25 bits per heavy atom. The lowest BCUT2D eigenvalue weighted by Gasteiger charge is -2.30. The Labute approximate surface area is 99.5 Å². The molecule has 1 aliphatic heterocycles. The molecule has 3 nitrogen and oxygen atoms in total. The maximum atomic E-state index is 10.8. The van der Waals surface area contributed by atoms with Crippen LogP contribution in [0.3, 0.4) is 0 Å². The van der Waals surface area contributed by atoms with Crippen molar-refractivity contribution in [2.45, 2.75) is 18.7 Å². The van der Waals surface area contributed by atoms with Gasteiger partial charge in [0.15, 0.2) is 0 Å². The molecule has 1 aromatic carbocycles. The average molecular weight is 237 g/mol. The first-order valence-corrected chi connectivity index (χ1v) is 6.27. The van der Waals surface area contributed by atoms with E-state index in [0.29, 0.717) is 0 Å². The van der Waals surface area contributed by atoms with Crippen LogP contribution in [0.4, 0.5) is 5.69 Å². The monoisotopic (exact) mass is 237 g/mol. The Kier molecular flexibility index (Phi) is 3.10. The van der Waals surface area contributed by atoms with Gasteiger partial charge in [-0.3, -0.25) is 4.79 Å². The highest BCUT2D eigenvalue weighted by atomic mass is 32.2. The minimum atomic E-state index is -0.767. The number of nitrogens with zero attached hydrogens (tertiary/aromatic N) is 1. The second-order valence-electron chi connectivity index (χ2n) is 4.09. The van der Waals surface area contributed by atoms with Crippen molar-refractivity contribution in [1.82, 2.24) is 0 Å². The van der Waals surface area contributed by atoms with Gasteiger partial charge in [-0.25, -0.2) is 0 Å². The lowest BCUT2D eigenvalue weighted by molar-refractivity contribution is -0.135. The number of aryl methyl sites for hydroxylation is 2. The Bertz CT molecular complexity index is 431. The van der Waals surface area contributed by atoms with E-state index in [4.69, 9.17) is 5.11 Å². The number of anilines is 1. The van der Waals surface area contributed by atoms with Gasteiger partial charge in [-0.2, -0.15) is 0 Å². The van der Waals surface area contributed by atoms with E-state index in [1.807, 2.05) is 23.6 Å². The van der Waals surface area contributed by atoms with Gasteiger partial charge in [0.25, 0.3) is 0 Å². The van der Waals surface area contributed by atoms with E-state index in [1.165, 1.54) is 16.0 Å². The molecule has 16 heavy (non-hydrogen) atoms. The first-order chi connectivity index (χ1) is 7.58. The normalized spacial score (nSPS) is 14.8. The number of rotatable bonds is 2. The van der Waals surface area contributed by atoms with E-state index in [9.17, 15) is 4.79 Å². The molecule has 0 aromatic heterocycles. The number of benzene rings is 1. The fourth-order valence-corrected chi connectivity index (χ4v) is 3.20. The van der Waals surface area contributed by atoms with Crippen LogP contribution in [-0.4, -0.2) is 29.9 Å². The van der Waals surface area contributed by atoms with Crippen molar-refractivity contribution in [3.8, 4) is 0 Å². The molecule has 2 rings (SSSR count). The van der Waals surface area contributed by atoms with Gasteiger partial charge in [0.1, 0.15) is 6.54 Å². The van der Waals surface area contributed by atoms with E-state index in [0.717, 1.165) is 18.0 Å². The standard InChI is InChI=1S/C12H15NO2S/c1-8-5-9(2)12-10(6-8)13(3-4-16-12)7-11(14)15/h5-6H,3-4,7H2,1-2H3,(H,14,15). The minimum absolute atomic E-state index is 0.0937. The number of thioether (sulfide) groups is 1. The zero-order chi connectivity index (χ0) is 11.7. The number of fused-ring (bicyclic) bond motifs is 1. The van der Waals surface area contributed by atoms with Crippen LogP contribution in [0.15, 0.2) is 17.0 Å². The molecule has 0 amide bonds. The fraction of sp³-hybridized carbons (Fsp3) is 0.417. The molecule has 0 saturated heterocycles. The van der Waals surface area contributed by atoms with Crippen molar-refractivity contribution in [2.75, 3.05) is 23.7 Å². The summed E-state index contributed by atoms with van der Waals surface area (Å²) >= 11 is 1.82. The van der Waals surface area contributed by atoms with Crippen molar-refractivity contribution < 1.29 is 9.90 Å². The molecule has 1 N–H and O–H groups in total. The van der Waals surface area contributed by atoms with Crippen molar-refractivity contribution in [3.63, 3.8) is 0 Å². The summed E-state index contributed by atoms with van der Waals surface area (Å²) in [4.78, 5) is 14.0. The lowest BCUT2D eigenvalue weighted by atomic mass is 10.1. The fourth-order valence-electron chi connectivity index (χ4n) is 2.06. The van der Waals surface area contributed by atoms with Crippen molar-refractivity contribution in [2.24, 2.45) is 0 Å². The van der Waals surface area contributed by atoms with Gasteiger partial charge in [-0.05, 0) is 31.0 Å². The summed E-state index contributed by atoms with van der Waals surface area (Å²) in [7, 11) is 0. The largest absolute Gasteiger partial charge is 0.480 e. The highest BCUT2D eigenvalue weighted by molar-refractivity contribution is 7.99. The Morgan fingerprint density at radius 3 is 2.94 bits per heavy atom. The molecule has 0 radical (unpaired) electrons. The van der Waals surface area contributed by atoms with Crippen molar-refractivity contribution in [1.29, 1.82) is 0 Å². The average Bonchev–Trinajstić information content (AvgIpc) is 2.18. The quantitative estimate of drug-likeness (QED) is 0.857. The summed E-state index contributed by atoms with van der Waals surface area (Å²) in [5.41, 5.74) is 3.51. The number of hydrogen-bond acceptors (Lipinski definition) is 3. The number of carboxylic acid groups (broad SMARTS) is 1. The molecular weight excluding hydrogens is 222 g/mol. The smallest absolute Gasteiger partial charge is 0.323 e. The molecule has 0 fully saturated rings. The number of aliphatic carboxylic acids is 1. The Hall–Kier alpha value is -1.16. The van der Waals surface area contributed by atoms with Crippen LogP contribution in [0.1, 0.15) is 11.1 Å². The second kappa shape index (κ2) is 4.37. The predicted octanol–water partition coefficient (Wildman–Crippen LogP) is 2.30. The van der Waals surface area contributed by atoms with Gasteiger partial charge >= 0.3 is 5.97 Å². The molecule has 4 heteroatoms. The van der Waals surface area contributed by atoms with Crippen LogP contribution in [0.25, 0.3) is 0 Å². The van der Waals surface area contributed by atoms with Crippen LogP contribution >= 0.6 is 11.8 Å². The van der Waals surface area contributed by atoms with Gasteiger partial charge in [0, 0.05) is 17.2 Å². The number of carboxylic acids is 1. The van der Waals surface area contributed by atoms with Gasteiger partial charge in [0.05, 0.1) is 5.69 Å². The molecule has 0 aliphatic carbocycles. The van der Waals surface area contributed by atoms with Crippen LogP contribution in [0.5, 0.6) is 0 Å². The predicted molar refractivity (Wildman–Crippen MR) is 66.5 cm³/mol. The van der Waals surface area contributed by atoms with Crippen molar-refractivity contribution in [3.05, 3.63) is 23.3 Å². The molecule has 0 atom stereocenters. The van der Waals surface area contributed by atoms with E-state index < -0.39 is 5.97 Å². The highest BCUT2D eigenvalue weighted by Gasteiger charge is 2.20. The Morgan fingerprint density at radius 1 is 1.50 bits per heavy atom. The molecule has 0 unspecified atom stereocenters. The van der Waals surface area contributed by atoms with Gasteiger partial charge in [-0.15, -0.1) is 11.8 Å². The van der Waals surface area contributed by atoms with Crippen LogP contribution < -0.4 is 4.90 Å². The van der Waals surface area contributed by atoms with Gasteiger partial charge < -0.3 is 10.0 Å². The maximum Gasteiger partial charge on any atom is 0.323 e. The second-order valence-corrected chi connectivity index (χ2v) is 5.20. The third-order valence-electron chi connectivity index (χ3n) is 2.67. The van der Waals surface area contributed by atoms with Crippen LogP contribution in [0.2, 0.25) is 0 Å². The van der Waals surface area contributed by atoms with Crippen LogP contribution in [-0.2, 0) is 4.79 Å². The first kappa shape index (κ1) is 11.3. The summed E-state index contributed by atoms with van der Waals surface area (Å²) < 4.78 is 0. The van der Waals surface area contributed by atoms with E-state index >= 15 is 0 Å². The first-order valence-electron chi connectivity index (χ1n) is 5.28. The zero-order valence-electron chi connectivity index (χ0n) is 9.49. The van der Waals surface area contributed by atoms with Crippen LogP contribution in [0, 0.1) is 13.8 Å². The summed E-state index contributed by atoms with van der Waals surface area (Å²) in [5, 5.41) is 8.88. The summed E-state index contributed by atoms with van der Waals surface area (Å²) in [6.07, 6.45) is 0. The molecule has 1 heterocycles. The molecular formula is C12H15NO2S. The highest BCUT2D eigenvalue weighted by Crippen LogP contribution is 2.37. The van der Waals surface area contributed by atoms with Gasteiger partial charge in [0.2, 0.25) is 0 Å². The van der Waals surface area contributed by atoms with E-state index in [-0.39, 0.29) is 6.54 Å². The zero-order valence-corrected chi connectivity index (χ0v) is 10.3. The third kappa shape index (κ3) is 2.16. The SMILES string of the molecule is Cc1cc(C)c2c(c1)N(CC(=O)O)CCS2. The summed E-state index contributed by atoms with van der Waals surface area (Å²) in [6, 6.07) is 4.23. The molecule has 1 aromatic rings. The van der Waals surface area contributed by atoms with E-state index in [1.54, 1.807) is 0 Å². The maximum absolute atomic E-state index is 10.8. The molecule has 86 valence electrons. The van der Waals surface area contributed by atoms with Gasteiger partial charge in [-0.1, -0.05) is 6.07 Å². The summed E-state index contributed by atoms with van der Waals surface area (Å²) in [6.45, 7) is 5.04. The Balaban J connectivity index is 2.41. The molecule has 0 saturated carbocycles. The summed E-state index contributed by atoms with van der Waals surface area (Å²) in [5.74, 6) is 0.196. The number of carbonyl (C=O) groups is 1. The molecule has 0 spiro atoms. The number of hydrogen-bond donors (Lipinski definition) is 1. The molecule has 1 aliphatic rings. The third-order valence-corrected chi connectivity index (χ3v) is 3.88. The van der Waals surface area contributed by atoms with E-state index in [2.05, 4.69) is 19.1 Å². The topological polar surface area (TPSA) is 40.5 Å². The molecule has 0 bridgehead atoms. The van der Waals surface area contributed by atoms with Crippen molar-refractivity contribution >= 4 is 23.4 Å².